The Bertz CT molecular complexity index is 1500. The number of hydrogen-bond donors (Lipinski definition) is 1. The first-order valence-electron chi connectivity index (χ1n) is 9.63. The van der Waals surface area contributed by atoms with Crippen molar-refractivity contribution in [2.75, 3.05) is 0 Å². The second-order valence-electron chi connectivity index (χ2n) is 7.56. The summed E-state index contributed by atoms with van der Waals surface area (Å²) < 4.78 is 175. The van der Waals surface area contributed by atoms with Crippen LogP contribution in [0.3, 0.4) is 0 Å². The molecular weight excluding hydrogens is 637 g/mol. The van der Waals surface area contributed by atoms with Gasteiger partial charge in [0.25, 0.3) is 0 Å². The molecule has 1 N–H and O–H groups in total. The number of hydrogen-bond acceptors (Lipinski definition) is 4. The molecular formula is C21H6CuF13N3O2. The van der Waals surface area contributed by atoms with E-state index in [-0.39, 0.29) is 29.2 Å². The van der Waals surface area contributed by atoms with Crippen molar-refractivity contribution in [2.45, 2.75) is 25.5 Å². The van der Waals surface area contributed by atoms with E-state index in [2.05, 4.69) is 5.10 Å². The van der Waals surface area contributed by atoms with E-state index in [1.807, 2.05) is 0 Å². The average molecular weight is 643 g/mol. The standard InChI is InChI=1S/C21H6F13N3O2.Cu/c1-5-10(17(38)6-2-8(19(26,27)28)7(4-35)9(3-6)20(29,30)31)18(39)37(36-5)16-14(24)12(22)11(21(32,33)34)13(23)15(16)25;/h2-3,39H,1H3;. The molecule has 3 rings (SSSR count). The van der Waals surface area contributed by atoms with E-state index in [4.69, 9.17) is 5.26 Å². The minimum Gasteiger partial charge on any atom is -0.493 e. The summed E-state index contributed by atoms with van der Waals surface area (Å²) in [5.41, 5.74) is -15.2. The summed E-state index contributed by atoms with van der Waals surface area (Å²) in [5, 5.41) is 22.3. The van der Waals surface area contributed by atoms with Gasteiger partial charge in [-0.25, -0.2) is 17.6 Å². The van der Waals surface area contributed by atoms with Gasteiger partial charge in [0.2, 0.25) is 5.88 Å². The van der Waals surface area contributed by atoms with E-state index in [9.17, 15) is 67.0 Å². The average Bonchev–Trinajstić information content (AvgIpc) is 3.08. The quantitative estimate of drug-likeness (QED) is 0.151. The van der Waals surface area contributed by atoms with Crippen LogP contribution in [0.2, 0.25) is 0 Å². The van der Waals surface area contributed by atoms with Gasteiger partial charge in [-0.05, 0) is 19.1 Å². The van der Waals surface area contributed by atoms with Gasteiger partial charge in [-0.2, -0.15) is 54.6 Å². The van der Waals surface area contributed by atoms with Gasteiger partial charge < -0.3 is 5.11 Å². The van der Waals surface area contributed by atoms with Crippen LogP contribution in [0, 0.1) is 41.5 Å². The SMILES string of the molecule is Cc1nn(-c2c(F)c(F)c(C(F)(F)F)c(F)c2F)c(O)c1C(=O)c1cc(C(F)(F)F)c(C#N)c(C(F)(F)F)c1.[Cu]. The largest absolute Gasteiger partial charge is 0.493 e. The molecule has 0 atom stereocenters. The number of carbonyl (C=O) groups is 1. The molecule has 19 heteroatoms. The van der Waals surface area contributed by atoms with Crippen molar-refractivity contribution in [3.8, 4) is 17.6 Å². The molecule has 3 aromatic rings. The summed E-state index contributed by atoms with van der Waals surface area (Å²) in [6.07, 6.45) is -17.2. The molecule has 2 aromatic carbocycles. The van der Waals surface area contributed by atoms with E-state index in [1.54, 1.807) is 0 Å². The van der Waals surface area contributed by atoms with E-state index < -0.39 is 103 Å². The minimum atomic E-state index is -5.94. The van der Waals surface area contributed by atoms with Gasteiger partial charge in [-0.15, -0.1) is 0 Å². The summed E-state index contributed by atoms with van der Waals surface area (Å²) >= 11 is 0. The van der Waals surface area contributed by atoms with Crippen LogP contribution < -0.4 is 0 Å². The van der Waals surface area contributed by atoms with Crippen LogP contribution in [0.4, 0.5) is 57.1 Å². The molecule has 0 saturated carbocycles. The third-order valence-corrected chi connectivity index (χ3v) is 5.12. The van der Waals surface area contributed by atoms with Crippen LogP contribution in [-0.4, -0.2) is 20.7 Å². The van der Waals surface area contributed by atoms with Crippen LogP contribution in [0.1, 0.15) is 43.9 Å². The molecule has 0 spiro atoms. The Morgan fingerprint density at radius 2 is 1.27 bits per heavy atom. The number of halogens is 13. The minimum absolute atomic E-state index is 0. The fraction of sp³-hybridized carbons (Fsp3) is 0.190. The molecule has 0 aliphatic heterocycles. The summed E-state index contributed by atoms with van der Waals surface area (Å²) in [7, 11) is 0. The Morgan fingerprint density at radius 3 is 1.62 bits per heavy atom. The van der Waals surface area contributed by atoms with E-state index in [1.165, 1.54) is 0 Å². The van der Waals surface area contributed by atoms with Crippen LogP contribution in [0.25, 0.3) is 5.69 Å². The number of nitrogens with zero attached hydrogens (tertiary/aromatic N) is 3. The fourth-order valence-electron chi connectivity index (χ4n) is 3.48. The maximum Gasteiger partial charge on any atom is 0.422 e. The normalized spacial score (nSPS) is 12.2. The molecule has 0 amide bonds. The molecule has 1 radical (unpaired) electrons. The topological polar surface area (TPSA) is 78.9 Å². The summed E-state index contributed by atoms with van der Waals surface area (Å²) in [6, 6.07) is 0.311. The molecule has 0 aliphatic carbocycles. The zero-order chi connectivity index (χ0) is 30.0. The third kappa shape index (κ3) is 5.32. The first-order chi connectivity index (χ1) is 17.6. The Balaban J connectivity index is 0.00000560. The van der Waals surface area contributed by atoms with Crippen LogP contribution >= 0.6 is 0 Å². The number of aromatic nitrogens is 2. The Labute approximate surface area is 222 Å². The Morgan fingerprint density at radius 1 is 0.850 bits per heavy atom. The number of ketones is 1. The molecule has 1 heterocycles. The Hall–Kier alpha value is -3.78. The summed E-state index contributed by atoms with van der Waals surface area (Å²) in [5.74, 6) is -15.3. The van der Waals surface area contributed by atoms with Crippen molar-refractivity contribution in [3.63, 3.8) is 0 Å². The zero-order valence-corrected chi connectivity index (χ0v) is 19.5. The molecule has 0 unspecified atom stereocenters. The van der Waals surface area contributed by atoms with Crippen molar-refractivity contribution in [1.29, 1.82) is 5.26 Å². The smallest absolute Gasteiger partial charge is 0.422 e. The fourth-order valence-corrected chi connectivity index (χ4v) is 3.48. The van der Waals surface area contributed by atoms with Gasteiger partial charge in [-0.1, -0.05) is 0 Å². The van der Waals surface area contributed by atoms with Gasteiger partial charge in [0.05, 0.1) is 22.4 Å². The number of aromatic hydroxyl groups is 1. The molecule has 219 valence electrons. The van der Waals surface area contributed by atoms with Crippen LogP contribution in [-0.2, 0) is 35.6 Å². The first-order valence-corrected chi connectivity index (χ1v) is 9.63. The third-order valence-electron chi connectivity index (χ3n) is 5.12. The number of rotatable bonds is 3. The maximum atomic E-state index is 14.4. The summed E-state index contributed by atoms with van der Waals surface area (Å²) in [4.78, 5) is 12.9. The van der Waals surface area contributed by atoms with Crippen molar-refractivity contribution < 1.29 is 84.0 Å². The predicted octanol–water partition coefficient (Wildman–Crippen LogP) is 6.60. The van der Waals surface area contributed by atoms with Gasteiger partial charge >= 0.3 is 18.5 Å². The van der Waals surface area contributed by atoms with Gasteiger partial charge in [0, 0.05) is 22.6 Å². The molecule has 1 aromatic heterocycles. The van der Waals surface area contributed by atoms with Gasteiger partial charge in [0.1, 0.15) is 22.9 Å². The second kappa shape index (κ2) is 10.3. The van der Waals surface area contributed by atoms with Crippen molar-refractivity contribution in [3.05, 3.63) is 74.5 Å². The summed E-state index contributed by atoms with van der Waals surface area (Å²) in [6.45, 7) is 0.703. The van der Waals surface area contributed by atoms with Gasteiger partial charge in [0.15, 0.2) is 29.1 Å². The first kappa shape index (κ1) is 32.4. The van der Waals surface area contributed by atoms with Crippen molar-refractivity contribution >= 4 is 5.78 Å². The predicted molar refractivity (Wildman–Crippen MR) is 99.4 cm³/mol. The molecule has 0 bridgehead atoms. The zero-order valence-electron chi connectivity index (χ0n) is 18.6. The van der Waals surface area contributed by atoms with Crippen molar-refractivity contribution in [2.24, 2.45) is 0 Å². The van der Waals surface area contributed by atoms with E-state index >= 15 is 0 Å². The molecule has 5 nitrogen and oxygen atoms in total. The number of alkyl halides is 9. The number of nitriles is 1. The number of carbonyl (C=O) groups excluding carboxylic acids is 1. The van der Waals surface area contributed by atoms with Crippen LogP contribution in [0.15, 0.2) is 12.1 Å². The number of benzene rings is 2. The molecule has 0 aliphatic rings. The van der Waals surface area contributed by atoms with Gasteiger partial charge in [-0.3, -0.25) is 4.79 Å². The molecule has 40 heavy (non-hydrogen) atoms. The van der Waals surface area contributed by atoms with E-state index in [0.717, 1.165) is 6.07 Å². The van der Waals surface area contributed by atoms with Crippen LogP contribution in [0.5, 0.6) is 5.88 Å². The maximum absolute atomic E-state index is 14.4. The molecule has 0 fully saturated rings. The monoisotopic (exact) mass is 642 g/mol. The second-order valence-corrected chi connectivity index (χ2v) is 7.56. The Kier molecular flexibility index (Phi) is 8.37. The van der Waals surface area contributed by atoms with E-state index in [0.29, 0.717) is 6.92 Å². The van der Waals surface area contributed by atoms with Crippen molar-refractivity contribution in [1.82, 2.24) is 9.78 Å². The number of aryl methyl sites for hydroxylation is 1. The molecule has 0 saturated heterocycles.